The molecule has 46 heavy (non-hydrogen) atoms. The van der Waals surface area contributed by atoms with Crippen LogP contribution in [-0.2, 0) is 0 Å². The third kappa shape index (κ3) is 6.47. The molecule has 16 heteroatoms. The van der Waals surface area contributed by atoms with Gasteiger partial charge in [-0.1, -0.05) is 63.3 Å². The fourth-order valence-electron chi connectivity index (χ4n) is 6.56. The lowest BCUT2D eigenvalue weighted by atomic mass is 9.68. The van der Waals surface area contributed by atoms with Crippen LogP contribution in [0, 0.1) is 17.8 Å². The summed E-state index contributed by atoms with van der Waals surface area (Å²) in [4.78, 5) is 12.2. The highest BCUT2D eigenvalue weighted by Gasteiger charge is 2.94. The second-order valence-corrected chi connectivity index (χ2v) is 12.4. The lowest BCUT2D eigenvalue weighted by Gasteiger charge is -2.41. The Labute approximate surface area is 255 Å². The molecule has 2 fully saturated rings. The summed E-state index contributed by atoms with van der Waals surface area (Å²) in [5.41, 5.74) is -0.993. The second-order valence-electron chi connectivity index (χ2n) is 12.4. The normalized spacial score (nSPS) is 24.6. The number of unbranched alkanes of at least 4 members (excludes halogenated alkanes) is 1. The summed E-state index contributed by atoms with van der Waals surface area (Å²) in [5, 5.41) is 0. The summed E-state index contributed by atoms with van der Waals surface area (Å²) in [5.74, 6) is -49.6. The molecule has 0 atom stereocenters. The molecule has 3 rings (SSSR count). The van der Waals surface area contributed by atoms with Crippen molar-refractivity contribution in [3.8, 4) is 0 Å². The second kappa shape index (κ2) is 13.0. The largest absolute Gasteiger partial charge is 0.460 e. The van der Waals surface area contributed by atoms with Crippen LogP contribution in [0.25, 0.3) is 0 Å². The molecular weight excluding hydrogens is 661 g/mol. The number of rotatable bonds is 12. The smallest absolute Gasteiger partial charge is 0.287 e. The highest BCUT2D eigenvalue weighted by atomic mass is 19.4. The van der Waals surface area contributed by atoms with Gasteiger partial charge in [-0.2, -0.15) is 65.9 Å². The quantitative estimate of drug-likeness (QED) is 0.157. The Morgan fingerprint density at radius 3 is 1.43 bits per heavy atom. The van der Waals surface area contributed by atoms with Gasteiger partial charge in [-0.15, -0.1) is 0 Å². The van der Waals surface area contributed by atoms with E-state index in [1.807, 2.05) is 0 Å². The van der Waals surface area contributed by atoms with Gasteiger partial charge in [0.2, 0.25) is 5.78 Å². The van der Waals surface area contributed by atoms with Gasteiger partial charge in [0.05, 0.1) is 0 Å². The van der Waals surface area contributed by atoms with Crippen molar-refractivity contribution in [3.63, 3.8) is 0 Å². The number of carbonyl (C=O) groups excluding carboxylic acids is 1. The lowest BCUT2D eigenvalue weighted by Crippen LogP contribution is -2.73. The molecule has 0 amide bonds. The van der Waals surface area contributed by atoms with E-state index in [2.05, 4.69) is 6.92 Å². The van der Waals surface area contributed by atoms with E-state index < -0.39 is 53.1 Å². The highest BCUT2D eigenvalue weighted by molar-refractivity contribution is 6.02. The lowest BCUT2D eigenvalue weighted by molar-refractivity contribution is -0.449. The molecule has 1 nitrogen and oxygen atoms in total. The fraction of sp³-hybridized carbons (Fsp3) is 0.767. The maximum absolute atomic E-state index is 14.4. The van der Waals surface area contributed by atoms with Crippen LogP contribution >= 0.6 is 0 Å². The molecule has 0 N–H and O–H groups in total. The topological polar surface area (TPSA) is 17.1 Å². The van der Waals surface area contributed by atoms with Crippen LogP contribution in [0.3, 0.4) is 0 Å². The maximum atomic E-state index is 14.4. The maximum Gasteiger partial charge on any atom is 0.460 e. The zero-order valence-corrected chi connectivity index (χ0v) is 24.5. The Kier molecular flexibility index (Phi) is 10.9. The number of carbonyl (C=O) groups is 1. The van der Waals surface area contributed by atoms with Crippen molar-refractivity contribution in [2.45, 2.75) is 125 Å². The van der Waals surface area contributed by atoms with Crippen LogP contribution in [0.2, 0.25) is 0 Å². The Morgan fingerprint density at radius 1 is 0.587 bits per heavy atom. The molecule has 0 bridgehead atoms. The molecule has 0 aliphatic heterocycles. The van der Waals surface area contributed by atoms with E-state index in [-0.39, 0.29) is 5.92 Å². The van der Waals surface area contributed by atoms with Gasteiger partial charge in [0.1, 0.15) is 0 Å². The van der Waals surface area contributed by atoms with Crippen molar-refractivity contribution >= 4 is 5.78 Å². The van der Waals surface area contributed by atoms with Crippen molar-refractivity contribution in [1.29, 1.82) is 0 Å². The van der Waals surface area contributed by atoms with Crippen LogP contribution in [0.4, 0.5) is 65.9 Å². The van der Waals surface area contributed by atoms with Crippen LogP contribution in [0.5, 0.6) is 0 Å². The molecule has 1 aromatic carbocycles. The van der Waals surface area contributed by atoms with E-state index in [9.17, 15) is 70.7 Å². The number of ketones is 1. The zero-order chi connectivity index (χ0) is 35.1. The number of hydrogen-bond acceptors (Lipinski definition) is 1. The summed E-state index contributed by atoms with van der Waals surface area (Å²) < 4.78 is 202. The molecule has 0 heterocycles. The third-order valence-electron chi connectivity index (χ3n) is 9.55. The molecule has 1 aromatic rings. The van der Waals surface area contributed by atoms with Gasteiger partial charge in [0.15, 0.2) is 0 Å². The Hall–Kier alpha value is -2.16. The Bertz CT molecular complexity index is 1170. The van der Waals surface area contributed by atoms with E-state index in [0.29, 0.717) is 42.4 Å². The minimum Gasteiger partial charge on any atom is -0.287 e. The molecule has 0 unspecified atom stereocenters. The third-order valence-corrected chi connectivity index (χ3v) is 9.55. The van der Waals surface area contributed by atoms with Crippen molar-refractivity contribution in [1.82, 2.24) is 0 Å². The Morgan fingerprint density at radius 2 is 1.00 bits per heavy atom. The first-order chi connectivity index (χ1) is 20.9. The average molecular weight is 695 g/mol. The van der Waals surface area contributed by atoms with Gasteiger partial charge in [-0.3, -0.25) is 4.79 Å². The van der Waals surface area contributed by atoms with Crippen LogP contribution in [-0.4, -0.2) is 47.5 Å². The minimum absolute atomic E-state index is 0.149. The Balaban J connectivity index is 1.72. The number of Topliss-reactive ketones (excluding diaryl/α,β-unsaturated/α-hetero) is 1. The number of hydrogen-bond donors (Lipinski definition) is 0. The standard InChI is InChI=1S/C30H33F15O/c1-2-3-4-17-5-7-18(8-6-17)19-9-11-20(12-10-19)21-13-15-22(16-14-21)23(46)24(31,32)25(33,34)26(35,36)27(37,38)28(39,40)29(41,42)30(43,44)45/h13-20H,2-12H2,1H3/t17-,18-,19-,20-. The van der Waals surface area contributed by atoms with Gasteiger partial charge >= 0.3 is 41.7 Å². The summed E-state index contributed by atoms with van der Waals surface area (Å²) >= 11 is 0. The molecule has 264 valence electrons. The van der Waals surface area contributed by atoms with E-state index in [0.717, 1.165) is 63.0 Å². The van der Waals surface area contributed by atoms with Crippen LogP contribution in [0.1, 0.15) is 99.4 Å². The highest BCUT2D eigenvalue weighted by Crippen LogP contribution is 2.62. The number of benzene rings is 1. The molecule has 0 aromatic heterocycles. The van der Waals surface area contributed by atoms with E-state index in [1.165, 1.54) is 12.8 Å². The average Bonchev–Trinajstić information content (AvgIpc) is 2.99. The summed E-state index contributed by atoms with van der Waals surface area (Å²) in [6.45, 7) is 2.14. The van der Waals surface area contributed by atoms with Crippen LogP contribution < -0.4 is 0 Å². The molecule has 2 aliphatic carbocycles. The van der Waals surface area contributed by atoms with Gasteiger partial charge < -0.3 is 0 Å². The van der Waals surface area contributed by atoms with Gasteiger partial charge in [0.25, 0.3) is 0 Å². The van der Waals surface area contributed by atoms with E-state index in [1.54, 1.807) is 0 Å². The van der Waals surface area contributed by atoms with Gasteiger partial charge in [0, 0.05) is 5.56 Å². The van der Waals surface area contributed by atoms with E-state index in [4.69, 9.17) is 0 Å². The first-order valence-electron chi connectivity index (χ1n) is 14.9. The SMILES string of the molecule is CCCC[C@H]1CC[C@H]([C@H]2CC[C@H](c3ccc(C(=O)C(F)(F)C(F)(F)C(F)(F)C(F)(F)C(F)(F)C(F)(F)C(F)(F)F)cc3)CC2)CC1. The molecule has 2 aliphatic rings. The first kappa shape index (κ1) is 38.3. The summed E-state index contributed by atoms with van der Waals surface area (Å²) in [6, 6.07) is 3.06. The van der Waals surface area contributed by atoms with Crippen molar-refractivity contribution in [2.75, 3.05) is 0 Å². The number of alkyl halides is 15. The van der Waals surface area contributed by atoms with E-state index >= 15 is 0 Å². The van der Waals surface area contributed by atoms with Crippen molar-refractivity contribution in [2.24, 2.45) is 17.8 Å². The zero-order valence-electron chi connectivity index (χ0n) is 24.5. The van der Waals surface area contributed by atoms with Crippen molar-refractivity contribution < 1.29 is 70.7 Å². The van der Waals surface area contributed by atoms with Crippen LogP contribution in [0.15, 0.2) is 24.3 Å². The monoisotopic (exact) mass is 694 g/mol. The molecule has 0 spiro atoms. The van der Waals surface area contributed by atoms with Crippen molar-refractivity contribution in [3.05, 3.63) is 35.4 Å². The fourth-order valence-corrected chi connectivity index (χ4v) is 6.56. The number of halogens is 15. The minimum atomic E-state index is -8.43. The molecule has 0 radical (unpaired) electrons. The molecular formula is C30H33F15O. The molecule has 0 saturated heterocycles. The first-order valence-corrected chi connectivity index (χ1v) is 14.9. The molecule has 2 saturated carbocycles. The van der Waals surface area contributed by atoms with Gasteiger partial charge in [-0.05, 0) is 67.8 Å². The predicted octanol–water partition coefficient (Wildman–Crippen LogP) is 11.5. The summed E-state index contributed by atoms with van der Waals surface area (Å²) in [6.07, 6.45) is 3.40. The predicted molar refractivity (Wildman–Crippen MR) is 136 cm³/mol. The summed E-state index contributed by atoms with van der Waals surface area (Å²) in [7, 11) is 0. The van der Waals surface area contributed by atoms with Gasteiger partial charge in [-0.25, -0.2) is 0 Å².